The second kappa shape index (κ2) is 12.7. The van der Waals surface area contributed by atoms with Gasteiger partial charge in [0.05, 0.1) is 16.9 Å². The molecule has 1 aromatic heterocycles. The summed E-state index contributed by atoms with van der Waals surface area (Å²) in [4.78, 5) is 24.5. The van der Waals surface area contributed by atoms with E-state index in [9.17, 15) is 22.8 Å². The van der Waals surface area contributed by atoms with Crippen molar-refractivity contribution in [1.82, 2.24) is 5.32 Å². The molecule has 5 nitrogen and oxygen atoms in total. The first-order valence-electron chi connectivity index (χ1n) is 12.9. The van der Waals surface area contributed by atoms with Gasteiger partial charge in [-0.1, -0.05) is 45.1 Å². The van der Waals surface area contributed by atoms with E-state index in [1.54, 1.807) is 6.07 Å². The quantitative estimate of drug-likeness (QED) is 0.239. The molecule has 0 bridgehead atoms. The SMILES string of the molecule is Cc1cc(OC(C/C=C/C(C)(C)C)c2ccc(C(=O)NCCC(=O)O)s2)cc(C)c1-c1ccc(C(F)(F)F)cc1. The molecular weight excluding hydrogens is 539 g/mol. The molecule has 1 atom stereocenters. The molecule has 40 heavy (non-hydrogen) atoms. The lowest BCUT2D eigenvalue weighted by atomic mass is 9.94. The molecule has 0 aliphatic carbocycles. The van der Waals surface area contributed by atoms with Crippen LogP contribution < -0.4 is 10.1 Å². The van der Waals surface area contributed by atoms with Crippen molar-refractivity contribution in [2.45, 2.75) is 59.7 Å². The molecule has 2 N–H and O–H groups in total. The van der Waals surface area contributed by atoms with E-state index in [-0.39, 0.29) is 30.4 Å². The molecule has 2 aromatic carbocycles. The van der Waals surface area contributed by atoms with Crippen molar-refractivity contribution >= 4 is 23.2 Å². The summed E-state index contributed by atoms with van der Waals surface area (Å²) in [6.07, 6.45) is -0.240. The van der Waals surface area contributed by atoms with Crippen molar-refractivity contribution in [3.05, 3.63) is 87.1 Å². The Labute approximate surface area is 236 Å². The number of hydrogen-bond acceptors (Lipinski definition) is 4. The molecule has 9 heteroatoms. The third-order valence-electron chi connectivity index (χ3n) is 6.05. The third kappa shape index (κ3) is 8.71. The Bertz CT molecular complexity index is 1350. The predicted molar refractivity (Wildman–Crippen MR) is 152 cm³/mol. The molecule has 0 saturated heterocycles. The summed E-state index contributed by atoms with van der Waals surface area (Å²) < 4.78 is 45.5. The minimum Gasteiger partial charge on any atom is -0.485 e. The van der Waals surface area contributed by atoms with Crippen LogP contribution in [-0.4, -0.2) is 23.5 Å². The van der Waals surface area contributed by atoms with Gasteiger partial charge in [-0.25, -0.2) is 0 Å². The van der Waals surface area contributed by atoms with Crippen LogP contribution in [-0.2, 0) is 11.0 Å². The summed E-state index contributed by atoms with van der Waals surface area (Å²) >= 11 is 1.29. The number of ether oxygens (including phenoxy) is 1. The Kier molecular flexibility index (Phi) is 9.84. The number of carboxylic acid groups (broad SMARTS) is 1. The van der Waals surface area contributed by atoms with Gasteiger partial charge in [-0.05, 0) is 77.9 Å². The van der Waals surface area contributed by atoms with Crippen LogP contribution in [0.5, 0.6) is 5.75 Å². The van der Waals surface area contributed by atoms with Gasteiger partial charge in [-0.15, -0.1) is 11.3 Å². The van der Waals surface area contributed by atoms with E-state index in [1.807, 2.05) is 38.1 Å². The molecule has 3 aromatic rings. The normalized spacial score (nSPS) is 12.9. The van der Waals surface area contributed by atoms with Crippen molar-refractivity contribution < 1.29 is 32.6 Å². The van der Waals surface area contributed by atoms with Crippen LogP contribution in [0.1, 0.15) is 71.0 Å². The molecule has 1 amide bonds. The summed E-state index contributed by atoms with van der Waals surface area (Å²) in [7, 11) is 0. The molecule has 0 radical (unpaired) electrons. The van der Waals surface area contributed by atoms with Gasteiger partial charge in [0.25, 0.3) is 5.91 Å². The number of carbonyl (C=O) groups is 2. The number of thiophene rings is 1. The first-order chi connectivity index (χ1) is 18.6. The maximum Gasteiger partial charge on any atom is 0.416 e. The van der Waals surface area contributed by atoms with Gasteiger partial charge < -0.3 is 15.2 Å². The van der Waals surface area contributed by atoms with Crippen molar-refractivity contribution in [3.8, 4) is 16.9 Å². The molecule has 0 aliphatic heterocycles. The van der Waals surface area contributed by atoms with Crippen LogP contribution in [0.25, 0.3) is 11.1 Å². The lowest BCUT2D eigenvalue weighted by Gasteiger charge is -2.20. The molecule has 1 unspecified atom stereocenters. The minimum atomic E-state index is -4.39. The van der Waals surface area contributed by atoms with Gasteiger partial charge >= 0.3 is 12.1 Å². The highest BCUT2D eigenvalue weighted by molar-refractivity contribution is 7.14. The van der Waals surface area contributed by atoms with Gasteiger partial charge in [-0.2, -0.15) is 13.2 Å². The first-order valence-corrected chi connectivity index (χ1v) is 13.7. The van der Waals surface area contributed by atoms with Gasteiger partial charge in [-0.3, -0.25) is 9.59 Å². The van der Waals surface area contributed by atoms with Crippen LogP contribution in [0.4, 0.5) is 13.2 Å². The smallest absolute Gasteiger partial charge is 0.416 e. The number of alkyl halides is 3. The highest BCUT2D eigenvalue weighted by Crippen LogP contribution is 2.37. The summed E-state index contributed by atoms with van der Waals surface area (Å²) in [5, 5.41) is 11.4. The summed E-state index contributed by atoms with van der Waals surface area (Å²) in [6.45, 7) is 10.1. The molecular formula is C31H34F3NO4S. The number of carboxylic acids is 1. The van der Waals surface area contributed by atoms with Crippen LogP contribution in [0, 0.1) is 19.3 Å². The Morgan fingerprint density at radius 3 is 2.20 bits per heavy atom. The zero-order valence-corrected chi connectivity index (χ0v) is 24.0. The van der Waals surface area contributed by atoms with E-state index >= 15 is 0 Å². The number of allylic oxidation sites excluding steroid dienone is 1. The Hall–Kier alpha value is -3.59. The highest BCUT2D eigenvalue weighted by atomic mass is 32.1. The predicted octanol–water partition coefficient (Wildman–Crippen LogP) is 8.37. The molecule has 3 rings (SSSR count). The fourth-order valence-corrected chi connectivity index (χ4v) is 5.19. The lowest BCUT2D eigenvalue weighted by Crippen LogP contribution is -2.25. The largest absolute Gasteiger partial charge is 0.485 e. The number of nitrogens with one attached hydrogen (secondary N) is 1. The zero-order chi connectivity index (χ0) is 29.7. The zero-order valence-electron chi connectivity index (χ0n) is 23.2. The van der Waals surface area contributed by atoms with Crippen molar-refractivity contribution in [2.75, 3.05) is 6.54 Å². The van der Waals surface area contributed by atoms with Gasteiger partial charge in [0.1, 0.15) is 11.9 Å². The van der Waals surface area contributed by atoms with E-state index in [2.05, 4.69) is 32.2 Å². The molecule has 1 heterocycles. The standard InChI is InChI=1S/C31H34F3NO4S/c1-19-17-23(18-20(2)28(19)21-8-10-22(11-9-21)31(32,33)34)39-24(7-6-15-30(3,4)5)25-12-13-26(40-25)29(38)35-16-14-27(36)37/h6,8-13,15,17-18,24H,7,14,16H2,1-5H3,(H,35,38)(H,36,37)/b15-6+. The molecule has 214 valence electrons. The highest BCUT2D eigenvalue weighted by Gasteiger charge is 2.30. The van der Waals surface area contributed by atoms with Crippen LogP contribution in [0.15, 0.2) is 60.7 Å². The molecule has 0 fully saturated rings. The Balaban J connectivity index is 1.86. The van der Waals surface area contributed by atoms with Gasteiger partial charge in [0, 0.05) is 17.8 Å². The number of aryl methyl sites for hydroxylation is 2. The van der Waals surface area contributed by atoms with Gasteiger partial charge in [0.2, 0.25) is 0 Å². The number of aliphatic carboxylic acids is 1. The first kappa shape index (κ1) is 30.9. The number of carbonyl (C=O) groups excluding carboxylic acids is 1. The second-order valence-corrected chi connectivity index (χ2v) is 11.8. The fourth-order valence-electron chi connectivity index (χ4n) is 4.22. The maximum absolute atomic E-state index is 13.0. The second-order valence-electron chi connectivity index (χ2n) is 10.7. The topological polar surface area (TPSA) is 75.6 Å². The lowest BCUT2D eigenvalue weighted by molar-refractivity contribution is -0.138. The summed E-state index contributed by atoms with van der Waals surface area (Å²) in [5.41, 5.74) is 2.55. The summed E-state index contributed by atoms with van der Waals surface area (Å²) in [6, 6.07) is 12.4. The average molecular weight is 574 g/mol. The number of rotatable bonds is 10. The van der Waals surface area contributed by atoms with Crippen molar-refractivity contribution in [1.29, 1.82) is 0 Å². The monoisotopic (exact) mass is 573 g/mol. The number of amides is 1. The minimum absolute atomic E-state index is 0.0221. The van der Waals surface area contributed by atoms with Crippen molar-refractivity contribution in [3.63, 3.8) is 0 Å². The fraction of sp³-hybridized carbons (Fsp3) is 0.355. The van der Waals surface area contributed by atoms with E-state index in [0.717, 1.165) is 33.7 Å². The van der Waals surface area contributed by atoms with Crippen LogP contribution in [0.2, 0.25) is 0 Å². The third-order valence-corrected chi connectivity index (χ3v) is 7.22. The molecule has 0 saturated carbocycles. The average Bonchev–Trinajstić information content (AvgIpc) is 3.32. The van der Waals surface area contributed by atoms with Crippen LogP contribution in [0.3, 0.4) is 0 Å². The van der Waals surface area contributed by atoms with Gasteiger partial charge in [0.15, 0.2) is 0 Å². The summed E-state index contributed by atoms with van der Waals surface area (Å²) in [5.74, 6) is -0.712. The van der Waals surface area contributed by atoms with E-state index < -0.39 is 17.7 Å². The van der Waals surface area contributed by atoms with E-state index in [4.69, 9.17) is 9.84 Å². The van der Waals surface area contributed by atoms with E-state index in [0.29, 0.717) is 22.6 Å². The molecule has 0 aliphatic rings. The number of hydrogen-bond donors (Lipinski definition) is 2. The van der Waals surface area contributed by atoms with E-state index in [1.165, 1.54) is 23.5 Å². The Morgan fingerprint density at radius 1 is 1.02 bits per heavy atom. The maximum atomic E-state index is 13.0. The molecule has 0 spiro atoms. The van der Waals surface area contributed by atoms with Crippen molar-refractivity contribution in [2.24, 2.45) is 5.41 Å². The van der Waals surface area contributed by atoms with Crippen LogP contribution >= 0.6 is 11.3 Å². The number of benzene rings is 2. The number of halogens is 3. The Morgan fingerprint density at radius 2 is 1.65 bits per heavy atom.